The number of nitrogens with zero attached hydrogens (tertiary/aromatic N) is 1. The number of hydrogen-bond donors (Lipinski definition) is 2. The van der Waals surface area contributed by atoms with Gasteiger partial charge in [0.05, 0.1) is 11.1 Å². The van der Waals surface area contributed by atoms with E-state index >= 15 is 0 Å². The summed E-state index contributed by atoms with van der Waals surface area (Å²) in [5.74, 6) is -0.625. The smallest absolute Gasteiger partial charge is 0.263 e. The number of nitrogens with two attached hydrogens (primary N) is 1. The minimum atomic E-state index is -0.388. The van der Waals surface area contributed by atoms with Crippen LogP contribution < -0.4 is 11.1 Å². The van der Waals surface area contributed by atoms with Gasteiger partial charge in [0.25, 0.3) is 5.91 Å². The number of carbonyl (C=O) groups excluding carboxylic acids is 1. The van der Waals surface area contributed by atoms with Crippen molar-refractivity contribution >= 4 is 33.0 Å². The summed E-state index contributed by atoms with van der Waals surface area (Å²) in [5.41, 5.74) is 6.17. The summed E-state index contributed by atoms with van der Waals surface area (Å²) in [6.07, 6.45) is 0.845. The molecule has 0 aliphatic rings. The number of benzene rings is 1. The highest BCUT2D eigenvalue weighted by atomic mass is 32.1. The average molecular weight is 309 g/mol. The molecule has 0 fully saturated rings. The minimum Gasteiger partial charge on any atom is -0.397 e. The number of nitrogen functional groups attached to an aromatic ring is 1. The molecule has 21 heavy (non-hydrogen) atoms. The van der Waals surface area contributed by atoms with Crippen molar-refractivity contribution in [3.05, 3.63) is 28.9 Å². The van der Waals surface area contributed by atoms with E-state index in [4.69, 9.17) is 5.73 Å². The zero-order chi connectivity index (χ0) is 15.6. The number of hydrogen-bond acceptors (Lipinski definition) is 4. The first-order chi connectivity index (χ1) is 9.90. The van der Waals surface area contributed by atoms with Crippen LogP contribution in [0.5, 0.6) is 0 Å². The van der Waals surface area contributed by atoms with Crippen LogP contribution in [0.4, 0.5) is 10.1 Å². The van der Waals surface area contributed by atoms with Gasteiger partial charge in [-0.3, -0.25) is 4.79 Å². The molecule has 6 heteroatoms. The number of anilines is 1. The third-order valence-electron chi connectivity index (χ3n) is 3.29. The number of nitrogens with one attached hydrogen (secondary N) is 1. The summed E-state index contributed by atoms with van der Waals surface area (Å²) in [7, 11) is 3.97. The molecule has 0 aliphatic carbocycles. The Bertz CT molecular complexity index is 654. The largest absolute Gasteiger partial charge is 0.397 e. The first-order valence-corrected chi connectivity index (χ1v) is 7.64. The lowest BCUT2D eigenvalue weighted by Crippen LogP contribution is -2.34. The molecule has 0 bridgehead atoms. The molecule has 0 spiro atoms. The van der Waals surface area contributed by atoms with Gasteiger partial charge in [0.2, 0.25) is 0 Å². The second kappa shape index (κ2) is 6.41. The zero-order valence-electron chi connectivity index (χ0n) is 12.4. The average Bonchev–Trinajstić information content (AvgIpc) is 2.75. The molecular weight excluding hydrogens is 289 g/mol. The maximum Gasteiger partial charge on any atom is 0.263 e. The maximum absolute atomic E-state index is 13.8. The lowest BCUT2D eigenvalue weighted by molar-refractivity contribution is 0.0942. The highest BCUT2D eigenvalue weighted by Gasteiger charge is 2.19. The van der Waals surface area contributed by atoms with E-state index in [2.05, 4.69) is 10.2 Å². The van der Waals surface area contributed by atoms with Gasteiger partial charge in [-0.25, -0.2) is 4.39 Å². The predicted molar refractivity (Wildman–Crippen MR) is 86.3 cm³/mol. The molecule has 1 amide bonds. The summed E-state index contributed by atoms with van der Waals surface area (Å²) in [4.78, 5) is 14.7. The Morgan fingerprint density at radius 1 is 1.48 bits per heavy atom. The molecule has 0 radical (unpaired) electrons. The fraction of sp³-hybridized carbons (Fsp3) is 0.400. The Kier molecular flexibility index (Phi) is 4.80. The Morgan fingerprint density at radius 3 is 2.81 bits per heavy atom. The normalized spacial score (nSPS) is 12.8. The van der Waals surface area contributed by atoms with Crippen molar-refractivity contribution in [1.82, 2.24) is 10.2 Å². The van der Waals surface area contributed by atoms with Crippen LogP contribution in [-0.2, 0) is 0 Å². The van der Waals surface area contributed by atoms with Gasteiger partial charge in [-0.05, 0) is 46.1 Å². The Hall–Kier alpha value is -1.66. The Labute approximate surface area is 127 Å². The van der Waals surface area contributed by atoms with Gasteiger partial charge in [-0.15, -0.1) is 11.3 Å². The number of thiophene rings is 1. The van der Waals surface area contributed by atoms with Crippen molar-refractivity contribution in [2.24, 2.45) is 0 Å². The summed E-state index contributed by atoms with van der Waals surface area (Å²) in [5, 5.41) is 3.26. The van der Waals surface area contributed by atoms with Crippen LogP contribution in [0.15, 0.2) is 18.2 Å². The second-order valence-corrected chi connectivity index (χ2v) is 6.48. The van der Waals surface area contributed by atoms with Gasteiger partial charge < -0.3 is 16.0 Å². The van der Waals surface area contributed by atoms with Crippen LogP contribution in [0.1, 0.15) is 23.0 Å². The van der Waals surface area contributed by atoms with E-state index in [9.17, 15) is 9.18 Å². The van der Waals surface area contributed by atoms with E-state index in [1.54, 1.807) is 12.1 Å². The van der Waals surface area contributed by atoms with Crippen LogP contribution in [-0.4, -0.2) is 37.5 Å². The van der Waals surface area contributed by atoms with Crippen LogP contribution in [0.2, 0.25) is 0 Å². The molecule has 0 aliphatic heterocycles. The number of carbonyl (C=O) groups is 1. The topological polar surface area (TPSA) is 58.4 Å². The molecule has 3 N–H and O–H groups in total. The molecule has 1 heterocycles. The highest BCUT2D eigenvalue weighted by molar-refractivity contribution is 7.21. The third-order valence-corrected chi connectivity index (χ3v) is 4.46. The van der Waals surface area contributed by atoms with E-state index in [0.717, 1.165) is 13.0 Å². The quantitative estimate of drug-likeness (QED) is 0.893. The third kappa shape index (κ3) is 3.51. The van der Waals surface area contributed by atoms with Gasteiger partial charge in [-0.1, -0.05) is 6.07 Å². The van der Waals surface area contributed by atoms with Crippen molar-refractivity contribution < 1.29 is 9.18 Å². The first-order valence-electron chi connectivity index (χ1n) is 6.82. The standard InChI is InChI=1S/C15H20FN3OS/c1-9(7-8-19(2)3)18-15(20)14-13(17)12-10(16)5-4-6-11(12)21-14/h4-6,9H,7-8,17H2,1-3H3,(H,18,20). The molecule has 0 saturated heterocycles. The molecule has 1 aromatic heterocycles. The molecule has 114 valence electrons. The van der Waals surface area contributed by atoms with Gasteiger partial charge >= 0.3 is 0 Å². The van der Waals surface area contributed by atoms with Crippen LogP contribution in [0, 0.1) is 5.82 Å². The molecule has 1 aromatic carbocycles. The Morgan fingerprint density at radius 2 is 2.19 bits per heavy atom. The molecule has 2 aromatic rings. The molecule has 2 rings (SSSR count). The number of rotatable bonds is 5. The van der Waals surface area contributed by atoms with Crippen molar-refractivity contribution in [2.45, 2.75) is 19.4 Å². The number of fused-ring (bicyclic) bond motifs is 1. The molecule has 1 unspecified atom stereocenters. The van der Waals surface area contributed by atoms with Gasteiger partial charge in [0, 0.05) is 10.7 Å². The lowest BCUT2D eigenvalue weighted by atomic mass is 10.2. The van der Waals surface area contributed by atoms with Crippen LogP contribution in [0.3, 0.4) is 0 Å². The fourth-order valence-corrected chi connectivity index (χ4v) is 3.15. The predicted octanol–water partition coefficient (Wildman–Crippen LogP) is 2.69. The molecule has 0 saturated carbocycles. The second-order valence-electron chi connectivity index (χ2n) is 5.42. The summed E-state index contributed by atoms with van der Waals surface area (Å²) < 4.78 is 14.5. The monoisotopic (exact) mass is 309 g/mol. The molecule has 4 nitrogen and oxygen atoms in total. The number of amides is 1. The van der Waals surface area contributed by atoms with Gasteiger partial charge in [0.1, 0.15) is 10.7 Å². The van der Waals surface area contributed by atoms with Crippen molar-refractivity contribution in [3.63, 3.8) is 0 Å². The Balaban J connectivity index is 2.16. The van der Waals surface area contributed by atoms with E-state index in [1.807, 2.05) is 21.0 Å². The van der Waals surface area contributed by atoms with Gasteiger partial charge in [-0.2, -0.15) is 0 Å². The van der Waals surface area contributed by atoms with Gasteiger partial charge in [0.15, 0.2) is 0 Å². The van der Waals surface area contributed by atoms with E-state index in [-0.39, 0.29) is 23.5 Å². The van der Waals surface area contributed by atoms with Crippen molar-refractivity contribution in [2.75, 3.05) is 26.4 Å². The summed E-state index contributed by atoms with van der Waals surface area (Å²) in [6, 6.07) is 4.78. The van der Waals surface area contributed by atoms with Crippen LogP contribution >= 0.6 is 11.3 Å². The molecular formula is C15H20FN3OS. The minimum absolute atomic E-state index is 0.0364. The van der Waals surface area contributed by atoms with Crippen molar-refractivity contribution in [1.29, 1.82) is 0 Å². The summed E-state index contributed by atoms with van der Waals surface area (Å²) in [6.45, 7) is 2.84. The van der Waals surface area contributed by atoms with Crippen LogP contribution in [0.25, 0.3) is 10.1 Å². The fourth-order valence-electron chi connectivity index (χ4n) is 2.11. The zero-order valence-corrected chi connectivity index (χ0v) is 13.3. The van der Waals surface area contributed by atoms with Crippen molar-refractivity contribution in [3.8, 4) is 0 Å². The SMILES string of the molecule is CC(CCN(C)C)NC(=O)c1sc2cccc(F)c2c1N. The molecule has 1 atom stereocenters. The van der Waals surface area contributed by atoms with E-state index in [0.29, 0.717) is 15.0 Å². The first kappa shape index (κ1) is 15.7. The van der Waals surface area contributed by atoms with E-state index in [1.165, 1.54) is 17.4 Å². The van der Waals surface area contributed by atoms with E-state index < -0.39 is 0 Å². The maximum atomic E-state index is 13.8. The summed E-state index contributed by atoms with van der Waals surface area (Å²) >= 11 is 1.23. The lowest BCUT2D eigenvalue weighted by Gasteiger charge is -2.16. The highest BCUT2D eigenvalue weighted by Crippen LogP contribution is 2.35. The number of halogens is 1.